The molecule has 3 rings (SSSR count). The maximum atomic E-state index is 11.3. The molecular weight excluding hydrogens is 246 g/mol. The van der Waals surface area contributed by atoms with E-state index in [1.54, 1.807) is 10.7 Å². The predicted octanol–water partition coefficient (Wildman–Crippen LogP) is 0.0533. The number of nitrogens with two attached hydrogens (primary N) is 1. The van der Waals surface area contributed by atoms with Crippen molar-refractivity contribution in [3.8, 4) is 0 Å². The molecule has 3 heterocycles. The van der Waals surface area contributed by atoms with Crippen molar-refractivity contribution in [1.29, 1.82) is 0 Å². The Morgan fingerprint density at radius 3 is 3.16 bits per heavy atom. The average molecular weight is 261 g/mol. The van der Waals surface area contributed by atoms with E-state index in [4.69, 9.17) is 10.5 Å². The molecule has 1 aliphatic heterocycles. The lowest BCUT2D eigenvalue weighted by atomic mass is 10.3. The lowest BCUT2D eigenvalue weighted by molar-refractivity contribution is 0.0529. The van der Waals surface area contributed by atoms with Crippen LogP contribution in [0.2, 0.25) is 0 Å². The smallest absolute Gasteiger partial charge is 0.254 e. The highest BCUT2D eigenvalue weighted by molar-refractivity contribution is 5.98. The van der Waals surface area contributed by atoms with Crippen LogP contribution in [0.3, 0.4) is 0 Å². The van der Waals surface area contributed by atoms with Crippen molar-refractivity contribution in [2.45, 2.75) is 13.0 Å². The van der Waals surface area contributed by atoms with Crippen molar-refractivity contribution in [2.75, 3.05) is 24.6 Å². The van der Waals surface area contributed by atoms with Crippen LogP contribution in [0.5, 0.6) is 0 Å². The number of hydrogen-bond donors (Lipinski definition) is 1. The maximum absolute atomic E-state index is 11.3. The first kappa shape index (κ1) is 11.9. The molecule has 0 bridgehead atoms. The van der Waals surface area contributed by atoms with Crippen molar-refractivity contribution in [1.82, 2.24) is 14.6 Å². The lowest BCUT2D eigenvalue weighted by Gasteiger charge is -2.31. The molecule has 2 aromatic rings. The van der Waals surface area contributed by atoms with Gasteiger partial charge in [-0.1, -0.05) is 0 Å². The normalized spacial score (nSPS) is 19.8. The predicted molar refractivity (Wildman–Crippen MR) is 69.1 cm³/mol. The van der Waals surface area contributed by atoms with Gasteiger partial charge in [0, 0.05) is 19.3 Å². The monoisotopic (exact) mass is 261 g/mol. The first-order chi connectivity index (χ1) is 9.15. The molecule has 0 saturated carbocycles. The highest BCUT2D eigenvalue weighted by Crippen LogP contribution is 2.17. The molecule has 7 heteroatoms. The topological polar surface area (TPSA) is 85.8 Å². The van der Waals surface area contributed by atoms with Gasteiger partial charge in [0.05, 0.1) is 18.9 Å². The van der Waals surface area contributed by atoms with Crippen molar-refractivity contribution in [2.24, 2.45) is 5.73 Å². The minimum atomic E-state index is -0.519. The van der Waals surface area contributed by atoms with E-state index < -0.39 is 5.91 Å². The van der Waals surface area contributed by atoms with E-state index in [0.717, 1.165) is 18.9 Å². The summed E-state index contributed by atoms with van der Waals surface area (Å²) in [5, 5.41) is 4.05. The van der Waals surface area contributed by atoms with Crippen LogP contribution in [-0.4, -0.2) is 46.3 Å². The summed E-state index contributed by atoms with van der Waals surface area (Å²) >= 11 is 0. The third kappa shape index (κ3) is 2.12. The van der Waals surface area contributed by atoms with Gasteiger partial charge < -0.3 is 15.4 Å². The molecular formula is C12H15N5O2. The zero-order chi connectivity index (χ0) is 13.4. The summed E-state index contributed by atoms with van der Waals surface area (Å²) in [6.45, 7) is 4.27. The van der Waals surface area contributed by atoms with Crippen molar-refractivity contribution in [3.05, 3.63) is 24.0 Å². The second-order valence-corrected chi connectivity index (χ2v) is 4.60. The van der Waals surface area contributed by atoms with E-state index >= 15 is 0 Å². The van der Waals surface area contributed by atoms with Crippen LogP contribution in [0.15, 0.2) is 18.5 Å². The number of carbonyl (C=O) groups is 1. The maximum Gasteiger partial charge on any atom is 0.254 e. The van der Waals surface area contributed by atoms with Crippen LogP contribution in [0, 0.1) is 0 Å². The van der Waals surface area contributed by atoms with Gasteiger partial charge in [-0.05, 0) is 13.0 Å². The molecule has 0 aromatic carbocycles. The number of aromatic nitrogens is 3. The van der Waals surface area contributed by atoms with Gasteiger partial charge in [-0.15, -0.1) is 0 Å². The van der Waals surface area contributed by atoms with E-state index in [2.05, 4.69) is 15.0 Å². The number of hydrogen-bond acceptors (Lipinski definition) is 5. The van der Waals surface area contributed by atoms with Crippen molar-refractivity contribution < 1.29 is 9.53 Å². The Morgan fingerprint density at radius 1 is 1.58 bits per heavy atom. The molecule has 1 fully saturated rings. The largest absolute Gasteiger partial charge is 0.375 e. The lowest BCUT2D eigenvalue weighted by Crippen LogP contribution is -2.41. The SMILES string of the molecule is C[C@H]1CN(c2ccn3ncc(C(N)=O)c3n2)CCO1. The molecule has 0 radical (unpaired) electrons. The van der Waals surface area contributed by atoms with Gasteiger partial charge in [-0.2, -0.15) is 5.10 Å². The Bertz CT molecular complexity index is 624. The second kappa shape index (κ2) is 4.51. The van der Waals surface area contributed by atoms with Gasteiger partial charge in [0.1, 0.15) is 11.4 Å². The number of nitrogens with zero attached hydrogens (tertiary/aromatic N) is 4. The summed E-state index contributed by atoms with van der Waals surface area (Å²) in [6.07, 6.45) is 3.40. The number of ether oxygens (including phenoxy) is 1. The molecule has 1 saturated heterocycles. The zero-order valence-electron chi connectivity index (χ0n) is 10.6. The van der Waals surface area contributed by atoms with Gasteiger partial charge in [0.25, 0.3) is 5.91 Å². The number of primary amides is 1. The highest BCUT2D eigenvalue weighted by Gasteiger charge is 2.19. The number of fused-ring (bicyclic) bond motifs is 1. The van der Waals surface area contributed by atoms with Crippen LogP contribution < -0.4 is 10.6 Å². The standard InChI is InChI=1S/C12H15N5O2/c1-8-7-16(4-5-19-8)10-2-3-17-12(15-10)9(6-14-17)11(13)18/h2-3,6,8H,4-5,7H2,1H3,(H2,13,18)/t8-/m0/s1. The Labute approximate surface area is 110 Å². The van der Waals surface area contributed by atoms with Gasteiger partial charge in [-0.25, -0.2) is 9.50 Å². The second-order valence-electron chi connectivity index (χ2n) is 4.60. The minimum absolute atomic E-state index is 0.173. The fourth-order valence-corrected chi connectivity index (χ4v) is 2.24. The summed E-state index contributed by atoms with van der Waals surface area (Å²) in [5.74, 6) is 0.292. The summed E-state index contributed by atoms with van der Waals surface area (Å²) in [5.41, 5.74) is 6.14. The zero-order valence-corrected chi connectivity index (χ0v) is 10.6. The number of rotatable bonds is 2. The fourth-order valence-electron chi connectivity index (χ4n) is 2.24. The summed E-state index contributed by atoms with van der Waals surface area (Å²) in [4.78, 5) is 17.9. The van der Waals surface area contributed by atoms with Crippen molar-refractivity contribution >= 4 is 17.4 Å². The molecule has 0 unspecified atom stereocenters. The van der Waals surface area contributed by atoms with E-state index in [0.29, 0.717) is 17.8 Å². The Balaban J connectivity index is 2.00. The molecule has 1 aliphatic rings. The van der Waals surface area contributed by atoms with Gasteiger partial charge in [-0.3, -0.25) is 4.79 Å². The highest BCUT2D eigenvalue weighted by atomic mass is 16.5. The van der Waals surface area contributed by atoms with E-state index in [1.165, 1.54) is 6.20 Å². The van der Waals surface area contributed by atoms with Crippen LogP contribution in [0.4, 0.5) is 5.82 Å². The van der Waals surface area contributed by atoms with Crippen LogP contribution >= 0.6 is 0 Å². The first-order valence-electron chi connectivity index (χ1n) is 6.16. The molecule has 2 aromatic heterocycles. The first-order valence-corrected chi connectivity index (χ1v) is 6.16. The fraction of sp³-hybridized carbons (Fsp3) is 0.417. The van der Waals surface area contributed by atoms with Crippen molar-refractivity contribution in [3.63, 3.8) is 0 Å². The Morgan fingerprint density at radius 2 is 2.42 bits per heavy atom. The van der Waals surface area contributed by atoms with E-state index in [9.17, 15) is 4.79 Å². The Kier molecular flexibility index (Phi) is 2.83. The minimum Gasteiger partial charge on any atom is -0.375 e. The molecule has 100 valence electrons. The molecule has 7 nitrogen and oxygen atoms in total. The molecule has 19 heavy (non-hydrogen) atoms. The van der Waals surface area contributed by atoms with Crippen LogP contribution in [-0.2, 0) is 4.74 Å². The summed E-state index contributed by atoms with van der Waals surface area (Å²) < 4.78 is 7.05. The number of carbonyl (C=O) groups excluding carboxylic acids is 1. The summed E-state index contributed by atoms with van der Waals surface area (Å²) in [7, 11) is 0. The molecule has 0 aliphatic carbocycles. The number of morpholine rings is 1. The average Bonchev–Trinajstić information content (AvgIpc) is 2.81. The van der Waals surface area contributed by atoms with Crippen LogP contribution in [0.25, 0.3) is 5.65 Å². The number of anilines is 1. The quantitative estimate of drug-likeness (QED) is 0.825. The molecule has 1 atom stereocenters. The molecule has 0 spiro atoms. The third-order valence-electron chi connectivity index (χ3n) is 3.18. The third-order valence-corrected chi connectivity index (χ3v) is 3.18. The number of amides is 1. The van der Waals surface area contributed by atoms with Gasteiger partial charge in [0.15, 0.2) is 5.65 Å². The van der Waals surface area contributed by atoms with E-state index in [-0.39, 0.29) is 6.10 Å². The summed E-state index contributed by atoms with van der Waals surface area (Å²) in [6, 6.07) is 1.88. The van der Waals surface area contributed by atoms with Crippen LogP contribution in [0.1, 0.15) is 17.3 Å². The molecule has 1 amide bonds. The van der Waals surface area contributed by atoms with Gasteiger partial charge >= 0.3 is 0 Å². The van der Waals surface area contributed by atoms with E-state index in [1.807, 2.05) is 13.0 Å². The molecule has 2 N–H and O–H groups in total. The Hall–Kier alpha value is -2.15. The van der Waals surface area contributed by atoms with Gasteiger partial charge in [0.2, 0.25) is 0 Å².